The zero-order chi connectivity index (χ0) is 15.7. The highest BCUT2D eigenvalue weighted by Gasteiger charge is 2.28. The molecule has 0 spiro atoms. The van der Waals surface area contributed by atoms with Crippen LogP contribution in [0.2, 0.25) is 0 Å². The number of phosphoric acid groups is 1. The maximum absolute atomic E-state index is 12.1. The van der Waals surface area contributed by atoms with E-state index in [9.17, 15) is 9.36 Å². The van der Waals surface area contributed by atoms with Gasteiger partial charge in [0.05, 0.1) is 20.3 Å². The van der Waals surface area contributed by atoms with E-state index < -0.39 is 13.8 Å². The molecule has 1 rings (SSSR count). The Morgan fingerprint density at radius 3 is 2.19 bits per heavy atom. The Morgan fingerprint density at radius 2 is 1.71 bits per heavy atom. The molecule has 0 aliphatic heterocycles. The highest BCUT2D eigenvalue weighted by molar-refractivity contribution is 7.48. The molecule has 0 fully saturated rings. The van der Waals surface area contributed by atoms with Gasteiger partial charge in [0, 0.05) is 5.56 Å². The molecule has 0 aromatic heterocycles. The van der Waals surface area contributed by atoms with Gasteiger partial charge >= 0.3 is 13.8 Å². The maximum Gasteiger partial charge on any atom is 0.550 e. The van der Waals surface area contributed by atoms with Crippen molar-refractivity contribution in [3.63, 3.8) is 0 Å². The molecular weight excluding hydrogens is 297 g/mol. The predicted molar refractivity (Wildman–Crippen MR) is 76.9 cm³/mol. The van der Waals surface area contributed by atoms with E-state index in [1.165, 1.54) is 7.11 Å². The number of hydrogen-bond acceptors (Lipinski definition) is 7. The van der Waals surface area contributed by atoms with Gasteiger partial charge < -0.3 is 4.74 Å². The lowest BCUT2D eigenvalue weighted by molar-refractivity contribution is -0.132. The van der Waals surface area contributed by atoms with Crippen LogP contribution >= 0.6 is 7.82 Å². The van der Waals surface area contributed by atoms with Gasteiger partial charge in [0.25, 0.3) is 0 Å². The van der Waals surface area contributed by atoms with Gasteiger partial charge in [-0.3, -0.25) is 13.7 Å². The Kier molecular flexibility index (Phi) is 7.08. The van der Waals surface area contributed by atoms with Crippen molar-refractivity contribution in [3.05, 3.63) is 35.9 Å². The first-order valence-electron chi connectivity index (χ1n) is 6.36. The third kappa shape index (κ3) is 5.30. The Bertz CT molecular complexity index is 521. The molecule has 0 amide bonds. The van der Waals surface area contributed by atoms with Crippen LogP contribution in [-0.4, -0.2) is 32.0 Å². The summed E-state index contributed by atoms with van der Waals surface area (Å²) in [5.41, 5.74) is 0.335. The number of carbonyl (C=O) groups excluding carboxylic acids is 1. The van der Waals surface area contributed by atoms with Crippen molar-refractivity contribution in [3.8, 4) is 0 Å². The second-order valence-electron chi connectivity index (χ2n) is 3.66. The molecule has 0 bridgehead atoms. The molecule has 0 saturated carbocycles. The van der Waals surface area contributed by atoms with E-state index in [0.717, 1.165) is 0 Å². The summed E-state index contributed by atoms with van der Waals surface area (Å²) >= 11 is 0. The maximum atomic E-state index is 12.1. The molecule has 7 nitrogen and oxygen atoms in total. The van der Waals surface area contributed by atoms with Crippen molar-refractivity contribution in [2.45, 2.75) is 13.8 Å². The fraction of sp³-hybridized carbons (Fsp3) is 0.385. The number of methoxy groups -OCH3 is 1. The van der Waals surface area contributed by atoms with Crippen molar-refractivity contribution >= 4 is 19.5 Å². The molecule has 0 unspecified atom stereocenters. The van der Waals surface area contributed by atoms with E-state index in [0.29, 0.717) is 5.56 Å². The van der Waals surface area contributed by atoms with Crippen LogP contribution in [0.1, 0.15) is 19.4 Å². The lowest BCUT2D eigenvalue weighted by Crippen LogP contribution is -2.17. The number of benzene rings is 1. The van der Waals surface area contributed by atoms with E-state index in [1.54, 1.807) is 44.2 Å². The fourth-order valence-corrected chi connectivity index (χ4v) is 2.37. The lowest BCUT2D eigenvalue weighted by Gasteiger charge is -2.13. The SMILES string of the molecule is CCOP(=O)(OCC)O/N=C(\C(=O)OC)c1ccccc1. The normalized spacial score (nSPS) is 12.0. The molecule has 0 N–H and O–H groups in total. The number of ether oxygens (including phenoxy) is 1. The van der Waals surface area contributed by atoms with Crippen molar-refractivity contribution in [1.82, 2.24) is 0 Å². The average molecular weight is 315 g/mol. The molecular formula is C13H18NO6P. The number of rotatable bonds is 8. The quantitative estimate of drug-likeness (QED) is 0.317. The number of esters is 1. The molecule has 1 aromatic rings. The van der Waals surface area contributed by atoms with E-state index in [2.05, 4.69) is 9.89 Å². The highest BCUT2D eigenvalue weighted by atomic mass is 31.2. The minimum atomic E-state index is -3.84. The number of hydrogen-bond donors (Lipinski definition) is 0. The van der Waals surface area contributed by atoms with Crippen LogP contribution in [-0.2, 0) is 27.8 Å². The van der Waals surface area contributed by atoms with E-state index >= 15 is 0 Å². The van der Waals surface area contributed by atoms with Gasteiger partial charge in [-0.05, 0) is 13.8 Å². The topological polar surface area (TPSA) is 83.4 Å². The third-order valence-electron chi connectivity index (χ3n) is 2.23. The molecule has 0 heterocycles. The molecule has 0 radical (unpaired) electrons. The minimum Gasteiger partial charge on any atom is -0.464 e. The summed E-state index contributed by atoms with van der Waals surface area (Å²) < 4.78 is 31.5. The van der Waals surface area contributed by atoms with Crippen LogP contribution < -0.4 is 0 Å². The molecule has 8 heteroatoms. The first kappa shape index (κ1) is 17.4. The van der Waals surface area contributed by atoms with Gasteiger partial charge in [-0.15, -0.1) is 0 Å². The Morgan fingerprint density at radius 1 is 1.14 bits per heavy atom. The second kappa shape index (κ2) is 8.56. The van der Waals surface area contributed by atoms with Crippen LogP contribution in [0.25, 0.3) is 0 Å². The summed E-state index contributed by atoms with van der Waals surface area (Å²) in [5.74, 6) is -0.722. The predicted octanol–water partition coefficient (Wildman–Crippen LogP) is 2.76. The minimum absolute atomic E-state index is 0.117. The summed E-state index contributed by atoms with van der Waals surface area (Å²) in [6.07, 6.45) is 0. The first-order chi connectivity index (χ1) is 10.1. The fourth-order valence-electron chi connectivity index (χ4n) is 1.39. The van der Waals surface area contributed by atoms with Crippen LogP contribution in [0.5, 0.6) is 0 Å². The molecule has 0 aliphatic rings. The van der Waals surface area contributed by atoms with Crippen LogP contribution in [0.3, 0.4) is 0 Å². The van der Waals surface area contributed by atoms with Gasteiger partial charge in [-0.25, -0.2) is 9.36 Å². The molecule has 21 heavy (non-hydrogen) atoms. The molecule has 0 aliphatic carbocycles. The monoisotopic (exact) mass is 315 g/mol. The Labute approximate surface area is 123 Å². The van der Waals surface area contributed by atoms with Gasteiger partial charge in [-0.1, -0.05) is 35.5 Å². The lowest BCUT2D eigenvalue weighted by atomic mass is 10.1. The average Bonchev–Trinajstić information content (AvgIpc) is 2.48. The molecule has 0 saturated heterocycles. The highest BCUT2D eigenvalue weighted by Crippen LogP contribution is 2.49. The van der Waals surface area contributed by atoms with Crippen molar-refractivity contribution < 1.29 is 27.8 Å². The van der Waals surface area contributed by atoms with Crippen LogP contribution in [0.15, 0.2) is 35.5 Å². The molecule has 116 valence electrons. The van der Waals surface area contributed by atoms with Gasteiger partial charge in [-0.2, -0.15) is 0 Å². The molecule has 1 aromatic carbocycles. The summed E-state index contributed by atoms with van der Waals surface area (Å²) in [6.45, 7) is 3.51. The smallest absolute Gasteiger partial charge is 0.464 e. The van der Waals surface area contributed by atoms with Gasteiger partial charge in [0.15, 0.2) is 5.71 Å². The Balaban J connectivity index is 3.04. The number of phosphoric ester groups is 1. The second-order valence-corrected chi connectivity index (χ2v) is 5.24. The van der Waals surface area contributed by atoms with Crippen LogP contribution in [0, 0.1) is 0 Å². The number of oxime groups is 1. The summed E-state index contributed by atoms with van der Waals surface area (Å²) in [4.78, 5) is 11.7. The van der Waals surface area contributed by atoms with Crippen molar-refractivity contribution in [2.75, 3.05) is 20.3 Å². The summed E-state index contributed by atoms with van der Waals surface area (Å²) in [7, 11) is -2.63. The van der Waals surface area contributed by atoms with Gasteiger partial charge in [0.2, 0.25) is 0 Å². The van der Waals surface area contributed by atoms with E-state index in [4.69, 9.17) is 13.7 Å². The van der Waals surface area contributed by atoms with Crippen molar-refractivity contribution in [1.29, 1.82) is 0 Å². The van der Waals surface area contributed by atoms with E-state index in [-0.39, 0.29) is 18.9 Å². The molecule has 0 atom stereocenters. The van der Waals surface area contributed by atoms with E-state index in [1.807, 2.05) is 0 Å². The first-order valence-corrected chi connectivity index (χ1v) is 7.82. The Hall–Kier alpha value is -1.69. The number of carbonyl (C=O) groups is 1. The number of nitrogens with zero attached hydrogens (tertiary/aromatic N) is 1. The summed E-state index contributed by atoms with van der Waals surface area (Å²) in [6, 6.07) is 8.51. The zero-order valence-corrected chi connectivity index (χ0v) is 13.0. The third-order valence-corrected chi connectivity index (χ3v) is 3.66. The standard InChI is InChI=1S/C13H18NO6P/c1-4-18-21(16,19-5-2)20-14-12(13(15)17-3)11-9-7-6-8-10-11/h6-10H,4-5H2,1-3H3/b14-12-. The van der Waals surface area contributed by atoms with Crippen LogP contribution in [0.4, 0.5) is 0 Å². The van der Waals surface area contributed by atoms with Gasteiger partial charge in [0.1, 0.15) is 0 Å². The zero-order valence-electron chi connectivity index (χ0n) is 12.1. The van der Waals surface area contributed by atoms with Crippen molar-refractivity contribution in [2.24, 2.45) is 5.16 Å². The largest absolute Gasteiger partial charge is 0.550 e. The summed E-state index contributed by atoms with van der Waals surface area (Å²) in [5, 5.41) is 3.60.